The van der Waals surface area contributed by atoms with Gasteiger partial charge in [0.25, 0.3) is 0 Å². The third-order valence-corrected chi connectivity index (χ3v) is 3.78. The first-order valence-electron chi connectivity index (χ1n) is 6.74. The summed E-state index contributed by atoms with van der Waals surface area (Å²) in [5, 5.41) is 6.39. The smallest absolute Gasteiger partial charge is 0.348 e. The quantitative estimate of drug-likeness (QED) is 0.818. The van der Waals surface area contributed by atoms with Crippen LogP contribution in [0.15, 0.2) is 17.2 Å². The van der Waals surface area contributed by atoms with E-state index in [0.717, 1.165) is 45.0 Å². The van der Waals surface area contributed by atoms with Crippen molar-refractivity contribution < 1.29 is 0 Å². The zero-order valence-corrected chi connectivity index (χ0v) is 11.9. The summed E-state index contributed by atoms with van der Waals surface area (Å²) in [7, 11) is 0. The van der Waals surface area contributed by atoms with E-state index in [4.69, 9.17) is 11.6 Å². The SMILES string of the molecule is O=c1[nH]nc2cc(N3CCCN(CCCl)CC3)ncn12. The van der Waals surface area contributed by atoms with Crippen molar-refractivity contribution in [3.8, 4) is 0 Å². The molecule has 7 nitrogen and oxygen atoms in total. The minimum absolute atomic E-state index is 0.261. The maximum atomic E-state index is 11.4. The van der Waals surface area contributed by atoms with E-state index in [1.54, 1.807) is 0 Å². The Hall–Kier alpha value is -1.60. The first kappa shape index (κ1) is 13.4. The predicted molar refractivity (Wildman–Crippen MR) is 77.6 cm³/mol. The van der Waals surface area contributed by atoms with Crippen molar-refractivity contribution in [2.75, 3.05) is 43.5 Å². The Morgan fingerprint density at radius 1 is 1.30 bits per heavy atom. The molecule has 0 amide bonds. The highest BCUT2D eigenvalue weighted by Crippen LogP contribution is 2.14. The lowest BCUT2D eigenvalue weighted by Crippen LogP contribution is -2.32. The number of anilines is 1. The molecule has 1 N–H and O–H groups in total. The zero-order valence-electron chi connectivity index (χ0n) is 11.1. The number of rotatable bonds is 3. The van der Waals surface area contributed by atoms with Gasteiger partial charge in [-0.05, 0) is 13.0 Å². The van der Waals surface area contributed by atoms with Crippen LogP contribution >= 0.6 is 11.6 Å². The number of halogens is 1. The fourth-order valence-corrected chi connectivity index (χ4v) is 2.76. The lowest BCUT2D eigenvalue weighted by atomic mass is 10.3. The van der Waals surface area contributed by atoms with Crippen LogP contribution in [0.3, 0.4) is 0 Å². The molecule has 0 unspecified atom stereocenters. The van der Waals surface area contributed by atoms with Gasteiger partial charge in [-0.2, -0.15) is 5.10 Å². The molecule has 108 valence electrons. The van der Waals surface area contributed by atoms with Crippen LogP contribution < -0.4 is 10.6 Å². The molecule has 0 aromatic carbocycles. The van der Waals surface area contributed by atoms with Crippen molar-refractivity contribution in [2.24, 2.45) is 0 Å². The molecule has 3 heterocycles. The number of hydrogen-bond acceptors (Lipinski definition) is 5. The van der Waals surface area contributed by atoms with E-state index in [-0.39, 0.29) is 5.69 Å². The molecule has 0 spiro atoms. The van der Waals surface area contributed by atoms with E-state index in [0.29, 0.717) is 11.5 Å². The molecule has 0 radical (unpaired) electrons. The summed E-state index contributed by atoms with van der Waals surface area (Å²) in [5.74, 6) is 1.53. The van der Waals surface area contributed by atoms with Crippen molar-refractivity contribution in [1.82, 2.24) is 24.5 Å². The number of aromatic amines is 1. The average molecular weight is 297 g/mol. The number of aromatic nitrogens is 4. The molecular formula is C12H17ClN6O. The third kappa shape index (κ3) is 2.64. The Morgan fingerprint density at radius 3 is 3.05 bits per heavy atom. The highest BCUT2D eigenvalue weighted by Gasteiger charge is 2.16. The van der Waals surface area contributed by atoms with Gasteiger partial charge in [-0.25, -0.2) is 19.3 Å². The van der Waals surface area contributed by atoms with Crippen LogP contribution in [0.1, 0.15) is 6.42 Å². The molecule has 20 heavy (non-hydrogen) atoms. The lowest BCUT2D eigenvalue weighted by Gasteiger charge is -2.22. The number of nitrogens with zero attached hydrogens (tertiary/aromatic N) is 5. The van der Waals surface area contributed by atoms with Gasteiger partial charge in [0.2, 0.25) is 0 Å². The van der Waals surface area contributed by atoms with Crippen molar-refractivity contribution in [1.29, 1.82) is 0 Å². The minimum Gasteiger partial charge on any atom is -0.355 e. The summed E-state index contributed by atoms with van der Waals surface area (Å²) < 4.78 is 1.40. The second-order valence-electron chi connectivity index (χ2n) is 4.88. The first-order valence-corrected chi connectivity index (χ1v) is 7.27. The molecule has 1 aliphatic heterocycles. The van der Waals surface area contributed by atoms with Gasteiger partial charge in [-0.3, -0.25) is 0 Å². The fraction of sp³-hybridized carbons (Fsp3) is 0.583. The predicted octanol–water partition coefficient (Wildman–Crippen LogP) is 0.168. The van der Waals surface area contributed by atoms with E-state index in [9.17, 15) is 4.79 Å². The molecular weight excluding hydrogens is 280 g/mol. The molecule has 0 saturated carbocycles. The average Bonchev–Trinajstić information content (AvgIpc) is 2.69. The maximum Gasteiger partial charge on any atom is 0.348 e. The number of H-pyrrole nitrogens is 1. The Morgan fingerprint density at radius 2 is 2.20 bits per heavy atom. The van der Waals surface area contributed by atoms with Crippen LogP contribution in [-0.4, -0.2) is 63.1 Å². The van der Waals surface area contributed by atoms with Crippen molar-refractivity contribution in [3.63, 3.8) is 0 Å². The highest BCUT2D eigenvalue weighted by molar-refractivity contribution is 6.18. The van der Waals surface area contributed by atoms with Gasteiger partial charge in [0.15, 0.2) is 5.65 Å². The summed E-state index contributed by atoms with van der Waals surface area (Å²) in [6.07, 6.45) is 2.61. The van der Waals surface area contributed by atoms with Gasteiger partial charge in [0, 0.05) is 38.1 Å². The number of alkyl halides is 1. The molecule has 0 aliphatic carbocycles. The fourth-order valence-electron chi connectivity index (χ4n) is 2.52. The van der Waals surface area contributed by atoms with Crippen molar-refractivity contribution in [2.45, 2.75) is 6.42 Å². The van der Waals surface area contributed by atoms with Crippen LogP contribution in [0.5, 0.6) is 0 Å². The number of nitrogens with one attached hydrogen (secondary N) is 1. The Bertz CT molecular complexity index is 638. The zero-order chi connectivity index (χ0) is 13.9. The second kappa shape index (κ2) is 5.80. The van der Waals surface area contributed by atoms with Crippen molar-refractivity contribution in [3.05, 3.63) is 22.9 Å². The van der Waals surface area contributed by atoms with Gasteiger partial charge in [-0.1, -0.05) is 0 Å². The summed E-state index contributed by atoms with van der Waals surface area (Å²) in [4.78, 5) is 20.4. The largest absolute Gasteiger partial charge is 0.355 e. The standard InChI is InChI=1S/C12H17ClN6O/c13-2-5-17-3-1-4-18(7-6-17)10-8-11-15-16-12(20)19(11)9-14-10/h8-9H,1-7H2,(H,16,20). The van der Waals surface area contributed by atoms with Gasteiger partial charge < -0.3 is 9.80 Å². The summed E-state index contributed by atoms with van der Waals surface area (Å²) in [6.45, 7) is 4.84. The van der Waals surface area contributed by atoms with E-state index in [1.807, 2.05) is 6.07 Å². The Kier molecular flexibility index (Phi) is 3.88. The summed E-state index contributed by atoms with van der Waals surface area (Å²) >= 11 is 5.80. The van der Waals surface area contributed by atoms with E-state index in [1.165, 1.54) is 10.7 Å². The third-order valence-electron chi connectivity index (χ3n) is 3.61. The van der Waals surface area contributed by atoms with Crippen LogP contribution in [-0.2, 0) is 0 Å². The van der Waals surface area contributed by atoms with E-state index >= 15 is 0 Å². The number of hydrogen-bond donors (Lipinski definition) is 1. The molecule has 1 fully saturated rings. The van der Waals surface area contributed by atoms with Crippen LogP contribution in [0.25, 0.3) is 5.65 Å². The minimum atomic E-state index is -0.261. The second-order valence-corrected chi connectivity index (χ2v) is 5.25. The highest BCUT2D eigenvalue weighted by atomic mass is 35.5. The van der Waals surface area contributed by atoms with Gasteiger partial charge in [0.1, 0.15) is 12.1 Å². The van der Waals surface area contributed by atoms with Gasteiger partial charge in [0.05, 0.1) is 0 Å². The summed E-state index contributed by atoms with van der Waals surface area (Å²) in [5.41, 5.74) is 0.338. The molecule has 2 aromatic heterocycles. The van der Waals surface area contributed by atoms with Gasteiger partial charge in [-0.15, -0.1) is 11.6 Å². The first-order chi connectivity index (χ1) is 9.78. The van der Waals surface area contributed by atoms with Crippen LogP contribution in [0.4, 0.5) is 5.82 Å². The van der Waals surface area contributed by atoms with Crippen molar-refractivity contribution >= 4 is 23.1 Å². The monoisotopic (exact) mass is 296 g/mol. The van der Waals surface area contributed by atoms with E-state index < -0.39 is 0 Å². The molecule has 1 saturated heterocycles. The molecule has 0 bridgehead atoms. The molecule has 0 atom stereocenters. The lowest BCUT2D eigenvalue weighted by molar-refractivity contribution is 0.311. The van der Waals surface area contributed by atoms with Crippen LogP contribution in [0.2, 0.25) is 0 Å². The summed E-state index contributed by atoms with van der Waals surface area (Å²) in [6, 6.07) is 1.84. The molecule has 3 rings (SSSR count). The molecule has 8 heteroatoms. The maximum absolute atomic E-state index is 11.4. The Labute approximate surface area is 121 Å². The van der Waals surface area contributed by atoms with Gasteiger partial charge >= 0.3 is 5.69 Å². The topological polar surface area (TPSA) is 69.5 Å². The molecule has 2 aromatic rings. The Balaban J connectivity index is 1.78. The van der Waals surface area contributed by atoms with Crippen LogP contribution in [0, 0.1) is 0 Å². The molecule has 1 aliphatic rings. The number of fused-ring (bicyclic) bond motifs is 1. The van der Waals surface area contributed by atoms with E-state index in [2.05, 4.69) is 25.0 Å². The normalized spacial score (nSPS) is 17.6.